The van der Waals surface area contributed by atoms with Crippen LogP contribution in [0, 0.1) is 6.92 Å². The molecule has 0 atom stereocenters. The van der Waals surface area contributed by atoms with Gasteiger partial charge in [-0.15, -0.1) is 0 Å². The highest BCUT2D eigenvalue weighted by molar-refractivity contribution is 7.89. The molecule has 0 saturated heterocycles. The minimum atomic E-state index is -3.47. The van der Waals surface area contributed by atoms with Crippen molar-refractivity contribution < 1.29 is 12.9 Å². The van der Waals surface area contributed by atoms with Crippen LogP contribution in [0.15, 0.2) is 39.8 Å². The third kappa shape index (κ3) is 4.41. The molecule has 2 rings (SSSR count). The zero-order valence-electron chi connectivity index (χ0n) is 12.3. The summed E-state index contributed by atoms with van der Waals surface area (Å²) in [6, 6.07) is 8.81. The molecule has 1 aromatic carbocycles. The van der Waals surface area contributed by atoms with Gasteiger partial charge in [0.05, 0.1) is 10.6 Å². The number of hydrogen-bond acceptors (Lipinski definition) is 4. The van der Waals surface area contributed by atoms with E-state index in [1.54, 1.807) is 18.2 Å². The van der Waals surface area contributed by atoms with Crippen molar-refractivity contribution in [2.24, 2.45) is 0 Å². The highest BCUT2D eigenvalue weighted by Gasteiger charge is 2.13. The monoisotopic (exact) mass is 308 g/mol. The second kappa shape index (κ2) is 6.87. The summed E-state index contributed by atoms with van der Waals surface area (Å²) in [6.07, 6.45) is 2.48. The first-order valence-electron chi connectivity index (χ1n) is 7.02. The summed E-state index contributed by atoms with van der Waals surface area (Å²) in [5.74, 6) is 0.675. The number of nitrogens with zero attached hydrogens (tertiary/aromatic N) is 1. The number of sulfonamides is 1. The third-order valence-corrected chi connectivity index (χ3v) is 4.59. The average Bonchev–Trinajstić information content (AvgIpc) is 2.85. The Labute approximate surface area is 125 Å². The van der Waals surface area contributed by atoms with Gasteiger partial charge in [0.2, 0.25) is 10.0 Å². The molecule has 2 aromatic rings. The van der Waals surface area contributed by atoms with Gasteiger partial charge in [-0.1, -0.05) is 30.6 Å². The Hall–Kier alpha value is -1.66. The van der Waals surface area contributed by atoms with Crippen LogP contribution in [0.1, 0.15) is 30.4 Å². The Morgan fingerprint density at radius 1 is 1.19 bits per heavy atom. The molecule has 6 heteroatoms. The molecule has 0 unspecified atom stereocenters. The van der Waals surface area contributed by atoms with E-state index in [1.807, 2.05) is 19.1 Å². The Morgan fingerprint density at radius 3 is 2.48 bits per heavy atom. The fourth-order valence-electron chi connectivity index (χ4n) is 2.05. The zero-order valence-corrected chi connectivity index (χ0v) is 13.1. The van der Waals surface area contributed by atoms with E-state index in [2.05, 4.69) is 16.8 Å². The lowest BCUT2D eigenvalue weighted by molar-refractivity contribution is 0.379. The van der Waals surface area contributed by atoms with Crippen molar-refractivity contribution >= 4 is 10.0 Å². The fraction of sp³-hybridized carbons (Fsp3) is 0.400. The van der Waals surface area contributed by atoms with E-state index in [0.717, 1.165) is 24.1 Å². The van der Waals surface area contributed by atoms with E-state index in [1.165, 1.54) is 0 Å². The predicted octanol–water partition coefficient (Wildman–Crippen LogP) is 2.46. The Morgan fingerprint density at radius 2 is 1.90 bits per heavy atom. The SMILES string of the molecule is CCCc1ccc(S(=O)(=O)NCCc2cc(C)no2)cc1. The first kappa shape index (κ1) is 15.7. The minimum Gasteiger partial charge on any atom is -0.361 e. The van der Waals surface area contributed by atoms with E-state index < -0.39 is 10.0 Å². The van der Waals surface area contributed by atoms with Crippen molar-refractivity contribution in [2.45, 2.75) is 38.0 Å². The maximum absolute atomic E-state index is 12.1. The lowest BCUT2D eigenvalue weighted by Gasteiger charge is -2.06. The summed E-state index contributed by atoms with van der Waals surface area (Å²) in [5.41, 5.74) is 1.94. The molecule has 21 heavy (non-hydrogen) atoms. The van der Waals surface area contributed by atoms with Crippen molar-refractivity contribution in [1.29, 1.82) is 0 Å². The average molecular weight is 308 g/mol. The topological polar surface area (TPSA) is 72.2 Å². The quantitative estimate of drug-likeness (QED) is 0.853. The number of nitrogens with one attached hydrogen (secondary N) is 1. The standard InChI is InChI=1S/C15H20N2O3S/c1-3-4-13-5-7-15(8-6-13)21(18,19)16-10-9-14-11-12(2)17-20-14/h5-8,11,16H,3-4,9-10H2,1-2H3. The molecule has 0 fully saturated rings. The molecule has 0 spiro atoms. The Balaban J connectivity index is 1.94. The maximum Gasteiger partial charge on any atom is 0.240 e. The van der Waals surface area contributed by atoms with Crippen molar-refractivity contribution in [3.8, 4) is 0 Å². The van der Waals surface area contributed by atoms with Gasteiger partial charge in [0, 0.05) is 19.0 Å². The van der Waals surface area contributed by atoms with Crippen molar-refractivity contribution in [3.05, 3.63) is 47.3 Å². The highest BCUT2D eigenvalue weighted by atomic mass is 32.2. The summed E-state index contributed by atoms with van der Waals surface area (Å²) in [4.78, 5) is 0.288. The van der Waals surface area contributed by atoms with Crippen LogP contribution < -0.4 is 4.72 Å². The lowest BCUT2D eigenvalue weighted by atomic mass is 10.1. The zero-order chi connectivity index (χ0) is 15.3. The molecule has 0 amide bonds. The molecule has 0 aliphatic rings. The molecule has 1 aromatic heterocycles. The molecule has 5 nitrogen and oxygen atoms in total. The highest BCUT2D eigenvalue weighted by Crippen LogP contribution is 2.12. The summed E-state index contributed by atoms with van der Waals surface area (Å²) in [7, 11) is -3.47. The molecular weight excluding hydrogens is 288 g/mol. The molecule has 1 heterocycles. The maximum atomic E-state index is 12.1. The molecule has 114 valence electrons. The summed E-state index contributed by atoms with van der Waals surface area (Å²) in [6.45, 7) is 4.21. The van der Waals surface area contributed by atoms with E-state index in [0.29, 0.717) is 12.2 Å². The largest absolute Gasteiger partial charge is 0.361 e. The molecule has 0 radical (unpaired) electrons. The number of aromatic nitrogens is 1. The van der Waals surface area contributed by atoms with Gasteiger partial charge in [0.1, 0.15) is 5.76 Å². The molecule has 1 N–H and O–H groups in total. The smallest absolute Gasteiger partial charge is 0.240 e. The van der Waals surface area contributed by atoms with E-state index in [-0.39, 0.29) is 11.4 Å². The van der Waals surface area contributed by atoms with Gasteiger partial charge in [-0.05, 0) is 31.0 Å². The molecule has 0 aliphatic heterocycles. The predicted molar refractivity (Wildman–Crippen MR) is 80.6 cm³/mol. The van der Waals surface area contributed by atoms with Crippen LogP contribution in [0.25, 0.3) is 0 Å². The van der Waals surface area contributed by atoms with Gasteiger partial charge in [-0.25, -0.2) is 13.1 Å². The van der Waals surface area contributed by atoms with Crippen LogP contribution in [0.3, 0.4) is 0 Å². The van der Waals surface area contributed by atoms with Gasteiger partial charge in [0.15, 0.2) is 0 Å². The second-order valence-corrected chi connectivity index (χ2v) is 6.74. The molecular formula is C15H20N2O3S. The van der Waals surface area contributed by atoms with E-state index in [4.69, 9.17) is 4.52 Å². The number of benzene rings is 1. The normalized spacial score (nSPS) is 11.7. The fourth-order valence-corrected chi connectivity index (χ4v) is 3.08. The molecule has 0 aliphatic carbocycles. The van der Waals surface area contributed by atoms with E-state index in [9.17, 15) is 8.42 Å². The van der Waals surface area contributed by atoms with Gasteiger partial charge in [0.25, 0.3) is 0 Å². The Bertz CT molecular complexity index is 675. The van der Waals surface area contributed by atoms with Crippen LogP contribution >= 0.6 is 0 Å². The summed E-state index contributed by atoms with van der Waals surface area (Å²) >= 11 is 0. The lowest BCUT2D eigenvalue weighted by Crippen LogP contribution is -2.25. The van der Waals surface area contributed by atoms with Gasteiger partial charge in [-0.3, -0.25) is 0 Å². The minimum absolute atomic E-state index is 0.285. The van der Waals surface area contributed by atoms with Gasteiger partial charge in [-0.2, -0.15) is 0 Å². The molecule has 0 bridgehead atoms. The first-order chi connectivity index (χ1) is 10.0. The van der Waals surface area contributed by atoms with Gasteiger partial charge >= 0.3 is 0 Å². The van der Waals surface area contributed by atoms with Crippen LogP contribution in [-0.2, 0) is 22.9 Å². The Kier molecular flexibility index (Phi) is 5.14. The van der Waals surface area contributed by atoms with Crippen LogP contribution in [-0.4, -0.2) is 20.1 Å². The number of rotatable bonds is 7. The van der Waals surface area contributed by atoms with Crippen LogP contribution in [0.5, 0.6) is 0 Å². The first-order valence-corrected chi connectivity index (χ1v) is 8.50. The van der Waals surface area contributed by atoms with Crippen molar-refractivity contribution in [3.63, 3.8) is 0 Å². The second-order valence-electron chi connectivity index (χ2n) is 4.98. The van der Waals surface area contributed by atoms with Crippen LogP contribution in [0.4, 0.5) is 0 Å². The van der Waals surface area contributed by atoms with Crippen molar-refractivity contribution in [1.82, 2.24) is 9.88 Å². The van der Waals surface area contributed by atoms with E-state index >= 15 is 0 Å². The van der Waals surface area contributed by atoms with Crippen LogP contribution in [0.2, 0.25) is 0 Å². The summed E-state index contributed by atoms with van der Waals surface area (Å²) in [5, 5.41) is 3.76. The molecule has 0 saturated carbocycles. The summed E-state index contributed by atoms with van der Waals surface area (Å²) < 4.78 is 31.9. The van der Waals surface area contributed by atoms with Crippen molar-refractivity contribution in [2.75, 3.05) is 6.54 Å². The number of aryl methyl sites for hydroxylation is 2. The third-order valence-electron chi connectivity index (χ3n) is 3.11. The van der Waals surface area contributed by atoms with Gasteiger partial charge < -0.3 is 4.52 Å². The number of hydrogen-bond donors (Lipinski definition) is 1.